The molecule has 1 aliphatic heterocycles. The molecule has 1 aliphatic carbocycles. The van der Waals surface area contributed by atoms with Gasteiger partial charge in [-0.1, -0.05) is 43.9 Å². The van der Waals surface area contributed by atoms with Crippen molar-refractivity contribution in [3.63, 3.8) is 0 Å². The van der Waals surface area contributed by atoms with Gasteiger partial charge in [0.15, 0.2) is 5.17 Å². The second kappa shape index (κ2) is 5.06. The summed E-state index contributed by atoms with van der Waals surface area (Å²) >= 11 is 1.81. The molecule has 1 saturated carbocycles. The predicted octanol–water partition coefficient (Wildman–Crippen LogP) is 2.92. The number of nitrogens with two attached hydrogens (primary N) is 1. The Morgan fingerprint density at radius 2 is 1.79 bits per heavy atom. The molecule has 1 heterocycles. The largest absolute Gasteiger partial charge is 0.379 e. The van der Waals surface area contributed by atoms with Gasteiger partial charge in [0.1, 0.15) is 0 Å². The summed E-state index contributed by atoms with van der Waals surface area (Å²) < 4.78 is 0. The first-order valence-corrected chi connectivity index (χ1v) is 6.72. The van der Waals surface area contributed by atoms with Crippen LogP contribution in [0.2, 0.25) is 0 Å². The van der Waals surface area contributed by atoms with Crippen LogP contribution >= 0.6 is 11.8 Å². The molecule has 0 aromatic carbocycles. The Hall–Kier alpha value is -0.180. The number of rotatable bonds is 0. The normalized spacial score (nSPS) is 34.7. The number of thioether (sulfide) groups is 1. The quantitative estimate of drug-likeness (QED) is 0.670. The maximum Gasteiger partial charge on any atom is 0.154 e. The van der Waals surface area contributed by atoms with E-state index in [0.29, 0.717) is 6.04 Å². The van der Waals surface area contributed by atoms with Crippen molar-refractivity contribution >= 4 is 16.9 Å². The molecule has 0 radical (unpaired) electrons. The molecular weight excluding hydrogens is 192 g/mol. The molecule has 2 atom stereocenters. The Labute approximate surface area is 90.7 Å². The van der Waals surface area contributed by atoms with Crippen molar-refractivity contribution in [2.75, 3.05) is 0 Å². The Balaban J connectivity index is 1.96. The van der Waals surface area contributed by atoms with Gasteiger partial charge in [0.2, 0.25) is 0 Å². The van der Waals surface area contributed by atoms with E-state index < -0.39 is 0 Å². The SMILES string of the molecule is NC1=NC2CCCCCCCC(C2)S1. The van der Waals surface area contributed by atoms with E-state index in [2.05, 4.69) is 4.99 Å². The lowest BCUT2D eigenvalue weighted by Gasteiger charge is -2.26. The molecule has 2 nitrogen and oxygen atoms in total. The van der Waals surface area contributed by atoms with E-state index in [1.54, 1.807) is 0 Å². The van der Waals surface area contributed by atoms with Crippen molar-refractivity contribution in [1.29, 1.82) is 0 Å². The summed E-state index contributed by atoms with van der Waals surface area (Å²) in [6, 6.07) is 0.541. The number of amidine groups is 1. The molecule has 2 bridgehead atoms. The highest BCUT2D eigenvalue weighted by Gasteiger charge is 2.23. The third-order valence-corrected chi connectivity index (χ3v) is 4.30. The summed E-state index contributed by atoms with van der Waals surface area (Å²) in [7, 11) is 0. The number of hydrogen-bond acceptors (Lipinski definition) is 3. The first-order valence-electron chi connectivity index (χ1n) is 5.84. The minimum Gasteiger partial charge on any atom is -0.379 e. The van der Waals surface area contributed by atoms with Crippen LogP contribution < -0.4 is 5.73 Å². The number of nitrogens with zero attached hydrogens (tertiary/aromatic N) is 1. The van der Waals surface area contributed by atoms with Crippen LogP contribution in [0.4, 0.5) is 0 Å². The zero-order valence-corrected chi connectivity index (χ0v) is 9.56. The van der Waals surface area contributed by atoms with Gasteiger partial charge in [0, 0.05) is 5.25 Å². The van der Waals surface area contributed by atoms with E-state index in [1.807, 2.05) is 11.8 Å². The van der Waals surface area contributed by atoms with E-state index in [1.165, 1.54) is 51.4 Å². The van der Waals surface area contributed by atoms with E-state index in [0.717, 1.165) is 10.4 Å². The molecule has 0 amide bonds. The second-order valence-electron chi connectivity index (χ2n) is 4.44. The molecule has 2 N–H and O–H groups in total. The lowest BCUT2D eigenvalue weighted by molar-refractivity contribution is 0.466. The minimum atomic E-state index is 0.541. The van der Waals surface area contributed by atoms with Crippen molar-refractivity contribution in [2.24, 2.45) is 10.7 Å². The van der Waals surface area contributed by atoms with Gasteiger partial charge in [-0.3, -0.25) is 4.99 Å². The minimum absolute atomic E-state index is 0.541. The van der Waals surface area contributed by atoms with Crippen LogP contribution in [0.5, 0.6) is 0 Å². The van der Waals surface area contributed by atoms with Crippen LogP contribution in [0, 0.1) is 0 Å². The second-order valence-corrected chi connectivity index (χ2v) is 5.76. The van der Waals surface area contributed by atoms with Crippen LogP contribution in [0.15, 0.2) is 4.99 Å². The summed E-state index contributed by atoms with van der Waals surface area (Å²) in [6.45, 7) is 0. The van der Waals surface area contributed by atoms with Crippen molar-refractivity contribution in [3.05, 3.63) is 0 Å². The van der Waals surface area contributed by atoms with E-state index >= 15 is 0 Å². The Morgan fingerprint density at radius 1 is 1.07 bits per heavy atom. The van der Waals surface area contributed by atoms with Crippen LogP contribution in [0.3, 0.4) is 0 Å². The number of aliphatic imine (C=N–C) groups is 1. The molecular formula is C11H20N2S. The predicted molar refractivity (Wildman–Crippen MR) is 63.7 cm³/mol. The Kier molecular flexibility index (Phi) is 3.74. The molecule has 1 fully saturated rings. The topological polar surface area (TPSA) is 38.4 Å². The molecule has 80 valence electrons. The molecule has 2 unspecified atom stereocenters. The summed E-state index contributed by atoms with van der Waals surface area (Å²) in [6.07, 6.45) is 10.8. The molecule has 3 heteroatoms. The first kappa shape index (κ1) is 10.3. The highest BCUT2D eigenvalue weighted by atomic mass is 32.2. The molecule has 14 heavy (non-hydrogen) atoms. The van der Waals surface area contributed by atoms with Gasteiger partial charge in [-0.2, -0.15) is 0 Å². The summed E-state index contributed by atoms with van der Waals surface area (Å²) in [5.74, 6) is 0. The highest BCUT2D eigenvalue weighted by Crippen LogP contribution is 2.31. The maximum absolute atomic E-state index is 5.85. The van der Waals surface area contributed by atoms with Crippen LogP contribution in [-0.4, -0.2) is 16.5 Å². The van der Waals surface area contributed by atoms with Crippen molar-refractivity contribution in [3.8, 4) is 0 Å². The molecule has 0 saturated heterocycles. The fraction of sp³-hybridized carbons (Fsp3) is 0.909. The summed E-state index contributed by atoms with van der Waals surface area (Å²) in [4.78, 5) is 4.53. The summed E-state index contributed by atoms with van der Waals surface area (Å²) in [5.41, 5.74) is 5.85. The molecule has 0 spiro atoms. The molecule has 0 aromatic heterocycles. The zero-order valence-electron chi connectivity index (χ0n) is 8.74. The monoisotopic (exact) mass is 212 g/mol. The maximum atomic E-state index is 5.85. The van der Waals surface area contributed by atoms with E-state index in [4.69, 9.17) is 5.73 Å². The van der Waals surface area contributed by atoms with Gasteiger partial charge >= 0.3 is 0 Å². The number of fused-ring (bicyclic) bond motifs is 2. The van der Waals surface area contributed by atoms with Crippen LogP contribution in [-0.2, 0) is 0 Å². The van der Waals surface area contributed by atoms with Crippen LogP contribution in [0.1, 0.15) is 51.4 Å². The Morgan fingerprint density at radius 3 is 2.64 bits per heavy atom. The average molecular weight is 212 g/mol. The van der Waals surface area contributed by atoms with E-state index in [9.17, 15) is 0 Å². The van der Waals surface area contributed by atoms with Gasteiger partial charge in [0.05, 0.1) is 6.04 Å². The molecule has 2 rings (SSSR count). The standard InChI is InChI=1S/C11H20N2S/c12-11-13-9-6-4-2-1-3-5-7-10(8-9)14-11/h9-10H,1-8H2,(H2,12,13). The van der Waals surface area contributed by atoms with Crippen molar-refractivity contribution < 1.29 is 0 Å². The van der Waals surface area contributed by atoms with Gasteiger partial charge < -0.3 is 5.73 Å². The van der Waals surface area contributed by atoms with Crippen LogP contribution in [0.25, 0.3) is 0 Å². The van der Waals surface area contributed by atoms with Gasteiger partial charge in [-0.15, -0.1) is 0 Å². The fourth-order valence-corrected chi connectivity index (χ4v) is 3.58. The molecule has 2 aliphatic rings. The number of hydrogen-bond donors (Lipinski definition) is 1. The van der Waals surface area contributed by atoms with Crippen molar-refractivity contribution in [1.82, 2.24) is 0 Å². The Bertz CT molecular complexity index is 215. The van der Waals surface area contributed by atoms with Gasteiger partial charge in [0.25, 0.3) is 0 Å². The smallest absolute Gasteiger partial charge is 0.154 e. The molecule has 0 aromatic rings. The van der Waals surface area contributed by atoms with Gasteiger partial charge in [-0.25, -0.2) is 0 Å². The summed E-state index contributed by atoms with van der Waals surface area (Å²) in [5, 5.41) is 1.60. The third kappa shape index (κ3) is 2.91. The zero-order chi connectivity index (χ0) is 9.80. The lowest BCUT2D eigenvalue weighted by atomic mass is 9.97. The lowest BCUT2D eigenvalue weighted by Crippen LogP contribution is -2.26. The average Bonchev–Trinajstić information content (AvgIpc) is 2.15. The van der Waals surface area contributed by atoms with Gasteiger partial charge in [-0.05, 0) is 19.3 Å². The third-order valence-electron chi connectivity index (χ3n) is 3.20. The fourth-order valence-electron chi connectivity index (χ4n) is 2.43. The van der Waals surface area contributed by atoms with E-state index in [-0.39, 0.29) is 0 Å². The highest BCUT2D eigenvalue weighted by molar-refractivity contribution is 8.14. The van der Waals surface area contributed by atoms with Crippen molar-refractivity contribution in [2.45, 2.75) is 62.7 Å². The first-order chi connectivity index (χ1) is 6.84.